The van der Waals surface area contributed by atoms with Gasteiger partial charge in [0.15, 0.2) is 11.6 Å². The Morgan fingerprint density at radius 1 is 1.10 bits per heavy atom. The van der Waals surface area contributed by atoms with Crippen LogP contribution in [0.2, 0.25) is 0 Å². The van der Waals surface area contributed by atoms with Crippen LogP contribution < -0.4 is 5.32 Å². The van der Waals surface area contributed by atoms with Gasteiger partial charge >= 0.3 is 0 Å². The highest BCUT2D eigenvalue weighted by molar-refractivity contribution is 7.99. The van der Waals surface area contributed by atoms with Crippen molar-refractivity contribution < 1.29 is 8.78 Å². The first-order valence-electron chi connectivity index (χ1n) is 6.99. The van der Waals surface area contributed by atoms with Gasteiger partial charge in [0.05, 0.1) is 0 Å². The second-order valence-electron chi connectivity index (χ2n) is 4.83. The third-order valence-corrected chi connectivity index (χ3v) is 4.58. The zero-order valence-corrected chi connectivity index (χ0v) is 13.0. The van der Waals surface area contributed by atoms with E-state index in [4.69, 9.17) is 0 Å². The SMILES string of the molecule is CCNC(CSc1ccccc1C)c1cccc(F)c1F. The normalized spacial score (nSPS) is 12.4. The lowest BCUT2D eigenvalue weighted by Gasteiger charge is -2.19. The minimum absolute atomic E-state index is 0.213. The lowest BCUT2D eigenvalue weighted by Crippen LogP contribution is -2.24. The van der Waals surface area contributed by atoms with Gasteiger partial charge in [-0.1, -0.05) is 37.3 Å². The number of hydrogen-bond acceptors (Lipinski definition) is 2. The maximum Gasteiger partial charge on any atom is 0.163 e. The van der Waals surface area contributed by atoms with Crippen molar-refractivity contribution in [2.24, 2.45) is 0 Å². The van der Waals surface area contributed by atoms with Crippen LogP contribution in [0.25, 0.3) is 0 Å². The third-order valence-electron chi connectivity index (χ3n) is 3.31. The van der Waals surface area contributed by atoms with E-state index in [2.05, 4.69) is 5.32 Å². The zero-order valence-electron chi connectivity index (χ0n) is 12.2. The first-order valence-corrected chi connectivity index (χ1v) is 7.97. The summed E-state index contributed by atoms with van der Waals surface area (Å²) in [5.74, 6) is -0.899. The predicted octanol–water partition coefficient (Wildman–Crippen LogP) is 4.72. The molecule has 0 radical (unpaired) electrons. The topological polar surface area (TPSA) is 12.0 Å². The summed E-state index contributed by atoms with van der Waals surface area (Å²) in [6.45, 7) is 4.71. The molecule has 2 rings (SSSR count). The summed E-state index contributed by atoms with van der Waals surface area (Å²) in [4.78, 5) is 1.16. The fraction of sp³-hybridized carbons (Fsp3) is 0.294. The van der Waals surface area contributed by atoms with Crippen molar-refractivity contribution in [3.05, 3.63) is 65.2 Å². The quantitative estimate of drug-likeness (QED) is 0.775. The van der Waals surface area contributed by atoms with Crippen LogP contribution in [0, 0.1) is 18.6 Å². The minimum atomic E-state index is -0.795. The van der Waals surface area contributed by atoms with E-state index in [1.165, 1.54) is 5.56 Å². The third kappa shape index (κ3) is 4.05. The van der Waals surface area contributed by atoms with Crippen LogP contribution in [0.5, 0.6) is 0 Å². The van der Waals surface area contributed by atoms with Gasteiger partial charge in [0.1, 0.15) is 0 Å². The van der Waals surface area contributed by atoms with Crippen molar-refractivity contribution in [1.29, 1.82) is 0 Å². The molecule has 0 amide bonds. The van der Waals surface area contributed by atoms with Crippen LogP contribution in [-0.2, 0) is 0 Å². The minimum Gasteiger partial charge on any atom is -0.309 e. The van der Waals surface area contributed by atoms with Gasteiger partial charge in [-0.2, -0.15) is 0 Å². The second kappa shape index (κ2) is 7.57. The summed E-state index contributed by atoms with van der Waals surface area (Å²) in [5, 5.41) is 3.23. The van der Waals surface area contributed by atoms with E-state index in [-0.39, 0.29) is 6.04 Å². The molecule has 1 N–H and O–H groups in total. The van der Waals surface area contributed by atoms with E-state index >= 15 is 0 Å². The van der Waals surface area contributed by atoms with Crippen LogP contribution in [0.1, 0.15) is 24.1 Å². The highest BCUT2D eigenvalue weighted by atomic mass is 32.2. The first kappa shape index (κ1) is 16.0. The molecule has 0 aliphatic carbocycles. The summed E-state index contributed by atoms with van der Waals surface area (Å²) in [6, 6.07) is 12.2. The smallest absolute Gasteiger partial charge is 0.163 e. The van der Waals surface area contributed by atoms with Gasteiger partial charge in [0.25, 0.3) is 0 Å². The second-order valence-corrected chi connectivity index (χ2v) is 5.89. The Morgan fingerprint density at radius 3 is 2.57 bits per heavy atom. The summed E-state index contributed by atoms with van der Waals surface area (Å²) in [6.07, 6.45) is 0. The van der Waals surface area contributed by atoms with Crippen LogP contribution in [-0.4, -0.2) is 12.3 Å². The van der Waals surface area contributed by atoms with Crippen LogP contribution in [0.3, 0.4) is 0 Å². The molecule has 0 fully saturated rings. The lowest BCUT2D eigenvalue weighted by atomic mass is 10.1. The van der Waals surface area contributed by atoms with Crippen LogP contribution >= 0.6 is 11.8 Å². The number of nitrogens with one attached hydrogen (secondary N) is 1. The molecule has 4 heteroatoms. The van der Waals surface area contributed by atoms with E-state index in [0.717, 1.165) is 11.0 Å². The Bertz CT molecular complexity index is 601. The number of hydrogen-bond donors (Lipinski definition) is 1. The van der Waals surface area contributed by atoms with Crippen molar-refractivity contribution in [3.8, 4) is 0 Å². The monoisotopic (exact) mass is 307 g/mol. The number of benzene rings is 2. The molecule has 0 bridgehead atoms. The van der Waals surface area contributed by atoms with Crippen LogP contribution in [0.15, 0.2) is 47.4 Å². The number of aryl methyl sites for hydroxylation is 1. The molecule has 0 heterocycles. The van der Waals surface area contributed by atoms with Crippen molar-refractivity contribution in [1.82, 2.24) is 5.32 Å². The molecule has 112 valence electrons. The Morgan fingerprint density at radius 2 is 1.86 bits per heavy atom. The molecule has 1 unspecified atom stereocenters. The summed E-state index contributed by atoms with van der Waals surface area (Å²) in [7, 11) is 0. The van der Waals surface area contributed by atoms with Gasteiger partial charge in [0, 0.05) is 22.3 Å². The molecular formula is C17H19F2NS. The number of halogens is 2. The molecule has 0 spiro atoms. The Hall–Kier alpha value is -1.39. The van der Waals surface area contributed by atoms with E-state index in [9.17, 15) is 8.78 Å². The largest absolute Gasteiger partial charge is 0.309 e. The Balaban J connectivity index is 2.16. The fourth-order valence-electron chi connectivity index (χ4n) is 2.19. The van der Waals surface area contributed by atoms with Gasteiger partial charge in [-0.15, -0.1) is 11.8 Å². The Kier molecular flexibility index (Phi) is 5.76. The average molecular weight is 307 g/mol. The maximum absolute atomic E-state index is 14.0. The van der Waals surface area contributed by atoms with Gasteiger partial charge < -0.3 is 5.32 Å². The van der Waals surface area contributed by atoms with Gasteiger partial charge in [-0.3, -0.25) is 0 Å². The molecule has 0 aliphatic heterocycles. The summed E-state index contributed by atoms with van der Waals surface area (Å²) in [5.41, 5.74) is 1.58. The first-order chi connectivity index (χ1) is 10.1. The van der Waals surface area contributed by atoms with Gasteiger partial charge in [0.2, 0.25) is 0 Å². The Labute approximate surface area is 128 Å². The highest BCUT2D eigenvalue weighted by Crippen LogP contribution is 2.28. The molecule has 2 aromatic carbocycles. The summed E-state index contributed by atoms with van der Waals surface area (Å²) >= 11 is 1.65. The standard InChI is InChI=1S/C17H19F2NS/c1-3-20-15(13-8-6-9-14(18)17(13)19)11-21-16-10-5-4-7-12(16)2/h4-10,15,20H,3,11H2,1-2H3. The van der Waals surface area contributed by atoms with E-state index in [1.54, 1.807) is 23.9 Å². The van der Waals surface area contributed by atoms with E-state index in [1.807, 2.05) is 38.1 Å². The number of thioether (sulfide) groups is 1. The molecular weight excluding hydrogens is 288 g/mol. The zero-order chi connectivity index (χ0) is 15.2. The number of rotatable bonds is 6. The van der Waals surface area contributed by atoms with Gasteiger partial charge in [-0.05, 0) is 31.2 Å². The van der Waals surface area contributed by atoms with Crippen molar-refractivity contribution in [3.63, 3.8) is 0 Å². The molecule has 0 saturated heterocycles. The molecule has 1 atom stereocenters. The molecule has 1 nitrogen and oxygen atoms in total. The maximum atomic E-state index is 14.0. The summed E-state index contributed by atoms with van der Waals surface area (Å²) < 4.78 is 27.4. The van der Waals surface area contributed by atoms with Crippen molar-refractivity contribution in [2.45, 2.75) is 24.8 Å². The molecule has 2 aromatic rings. The molecule has 0 saturated carbocycles. The molecule has 0 aromatic heterocycles. The van der Waals surface area contributed by atoms with Crippen LogP contribution in [0.4, 0.5) is 8.78 Å². The fourth-order valence-corrected chi connectivity index (χ4v) is 3.30. The predicted molar refractivity (Wildman–Crippen MR) is 84.7 cm³/mol. The average Bonchev–Trinajstić information content (AvgIpc) is 2.48. The molecule has 21 heavy (non-hydrogen) atoms. The van der Waals surface area contributed by atoms with E-state index in [0.29, 0.717) is 17.9 Å². The molecule has 0 aliphatic rings. The highest BCUT2D eigenvalue weighted by Gasteiger charge is 2.18. The van der Waals surface area contributed by atoms with E-state index < -0.39 is 11.6 Å². The lowest BCUT2D eigenvalue weighted by molar-refractivity contribution is 0.478. The van der Waals surface area contributed by atoms with Crippen molar-refractivity contribution in [2.75, 3.05) is 12.3 Å². The van der Waals surface area contributed by atoms with Gasteiger partial charge in [-0.25, -0.2) is 8.78 Å². The van der Waals surface area contributed by atoms with Crippen molar-refractivity contribution >= 4 is 11.8 Å².